The molecule has 0 atom stereocenters. The second kappa shape index (κ2) is 3.39. The largest absolute Gasteiger partial charge is 0.494 e. The number of rotatable bonds is 2. The lowest BCUT2D eigenvalue weighted by atomic mass is 10.3. The monoisotopic (exact) mass is 186 g/mol. The summed E-state index contributed by atoms with van der Waals surface area (Å²) in [6.07, 6.45) is 0. The van der Waals surface area contributed by atoms with E-state index in [-0.39, 0.29) is 10.6 Å². The molecule has 3 nitrogen and oxygen atoms in total. The molecule has 0 saturated heterocycles. The highest BCUT2D eigenvalue weighted by Crippen LogP contribution is 2.26. The lowest BCUT2D eigenvalue weighted by Crippen LogP contribution is -2.07. The molecule has 2 N–H and O–H groups in total. The van der Waals surface area contributed by atoms with Crippen LogP contribution in [0.25, 0.3) is 0 Å². The predicted molar refractivity (Wildman–Crippen MR) is 51.3 cm³/mol. The fourth-order valence-corrected chi connectivity index (χ4v) is 1.44. The van der Waals surface area contributed by atoms with Crippen molar-refractivity contribution in [2.24, 2.45) is 0 Å². The smallest absolute Gasteiger partial charge is 0.206 e. The molecule has 0 unspecified atom stereocenters. The van der Waals surface area contributed by atoms with Crippen molar-refractivity contribution in [3.63, 3.8) is 0 Å². The Kier molecular flexibility index (Phi) is 2.67. The van der Waals surface area contributed by atoms with E-state index in [2.05, 4.69) is 31.0 Å². The molecule has 0 radical (unpaired) electrons. The number of nitrogens with zero attached hydrogens (tertiary/aromatic N) is 1. The van der Waals surface area contributed by atoms with Gasteiger partial charge in [-0.05, 0) is 0 Å². The number of aromatic nitrogens is 2. The lowest BCUT2D eigenvalue weighted by molar-refractivity contribution is 0.452. The molecule has 0 saturated carbocycles. The van der Waals surface area contributed by atoms with E-state index in [9.17, 15) is 0 Å². The van der Waals surface area contributed by atoms with Crippen molar-refractivity contribution in [2.75, 3.05) is 0 Å². The van der Waals surface area contributed by atoms with Crippen LogP contribution >= 0.6 is 11.8 Å². The molecule has 1 aromatic heterocycles. The maximum Gasteiger partial charge on any atom is 0.206 e. The SMILES string of the molecule is CC(C)(C)SCc1cc(O)[nH]n1. The van der Waals surface area contributed by atoms with Gasteiger partial charge in [0.05, 0.1) is 5.69 Å². The van der Waals surface area contributed by atoms with Gasteiger partial charge < -0.3 is 5.11 Å². The van der Waals surface area contributed by atoms with Gasteiger partial charge in [0.1, 0.15) is 0 Å². The maximum atomic E-state index is 8.96. The molecule has 4 heteroatoms. The van der Waals surface area contributed by atoms with E-state index in [0.29, 0.717) is 0 Å². The Hall–Kier alpha value is -0.640. The molecule has 0 aliphatic carbocycles. The van der Waals surface area contributed by atoms with E-state index in [0.717, 1.165) is 11.4 Å². The van der Waals surface area contributed by atoms with Crippen molar-refractivity contribution < 1.29 is 5.11 Å². The molecule has 0 amide bonds. The first-order chi connectivity index (χ1) is 5.47. The highest BCUT2D eigenvalue weighted by atomic mass is 32.2. The van der Waals surface area contributed by atoms with Gasteiger partial charge in [-0.3, -0.25) is 0 Å². The first kappa shape index (κ1) is 9.45. The fraction of sp³-hybridized carbons (Fsp3) is 0.625. The summed E-state index contributed by atoms with van der Waals surface area (Å²) < 4.78 is 0.245. The summed E-state index contributed by atoms with van der Waals surface area (Å²) in [5, 5.41) is 15.4. The average molecular weight is 186 g/mol. The number of aromatic amines is 1. The van der Waals surface area contributed by atoms with Gasteiger partial charge in [-0.15, -0.1) is 11.8 Å². The minimum Gasteiger partial charge on any atom is -0.494 e. The summed E-state index contributed by atoms with van der Waals surface area (Å²) in [4.78, 5) is 0. The van der Waals surface area contributed by atoms with E-state index in [4.69, 9.17) is 5.11 Å². The fourth-order valence-electron chi connectivity index (χ4n) is 0.716. The van der Waals surface area contributed by atoms with Gasteiger partial charge in [-0.2, -0.15) is 5.10 Å². The highest BCUT2D eigenvalue weighted by Gasteiger charge is 2.11. The summed E-state index contributed by atoms with van der Waals surface area (Å²) >= 11 is 1.81. The number of thioether (sulfide) groups is 1. The van der Waals surface area contributed by atoms with Crippen LogP contribution in [0.5, 0.6) is 5.88 Å². The van der Waals surface area contributed by atoms with Gasteiger partial charge >= 0.3 is 0 Å². The molecule has 0 aliphatic rings. The van der Waals surface area contributed by atoms with Crippen molar-refractivity contribution >= 4 is 11.8 Å². The Labute approximate surface area is 76.6 Å². The number of nitrogens with one attached hydrogen (secondary N) is 1. The molecule has 0 spiro atoms. The Bertz CT molecular complexity index is 252. The molecule has 0 aromatic carbocycles. The second-order valence-electron chi connectivity index (χ2n) is 3.65. The van der Waals surface area contributed by atoms with Crippen LogP contribution < -0.4 is 0 Å². The minimum atomic E-state index is 0.138. The molecule has 0 fully saturated rings. The van der Waals surface area contributed by atoms with E-state index in [1.807, 2.05) is 0 Å². The van der Waals surface area contributed by atoms with Gasteiger partial charge in [-0.1, -0.05) is 20.8 Å². The van der Waals surface area contributed by atoms with Gasteiger partial charge in [-0.25, -0.2) is 5.10 Å². The van der Waals surface area contributed by atoms with Gasteiger partial charge in [0.2, 0.25) is 5.88 Å². The van der Waals surface area contributed by atoms with Crippen LogP contribution in [0, 0.1) is 0 Å². The molecule has 1 rings (SSSR count). The van der Waals surface area contributed by atoms with Crippen LogP contribution in [0.15, 0.2) is 6.07 Å². The van der Waals surface area contributed by atoms with Crippen LogP contribution in [-0.4, -0.2) is 20.1 Å². The number of aromatic hydroxyl groups is 1. The molecule has 1 aromatic rings. The van der Waals surface area contributed by atoms with Gasteiger partial charge in [0, 0.05) is 16.6 Å². The van der Waals surface area contributed by atoms with Crippen LogP contribution in [0.1, 0.15) is 26.5 Å². The number of hydrogen-bond donors (Lipinski definition) is 2. The molecular weight excluding hydrogens is 172 g/mol. The Morgan fingerprint density at radius 1 is 1.58 bits per heavy atom. The molecule has 0 aliphatic heterocycles. The van der Waals surface area contributed by atoms with E-state index >= 15 is 0 Å². The van der Waals surface area contributed by atoms with Crippen LogP contribution in [0.2, 0.25) is 0 Å². The van der Waals surface area contributed by atoms with Crippen molar-refractivity contribution in [3.8, 4) is 5.88 Å². The average Bonchev–Trinajstić information content (AvgIpc) is 2.30. The Morgan fingerprint density at radius 2 is 2.25 bits per heavy atom. The first-order valence-electron chi connectivity index (χ1n) is 3.84. The third-order valence-corrected chi connectivity index (χ3v) is 2.58. The third kappa shape index (κ3) is 3.17. The van der Waals surface area contributed by atoms with Crippen molar-refractivity contribution in [2.45, 2.75) is 31.3 Å². The summed E-state index contributed by atoms with van der Waals surface area (Å²) in [5.41, 5.74) is 0.896. The summed E-state index contributed by atoms with van der Waals surface area (Å²) in [7, 11) is 0. The van der Waals surface area contributed by atoms with Crippen molar-refractivity contribution in [1.29, 1.82) is 0 Å². The van der Waals surface area contributed by atoms with Crippen LogP contribution in [-0.2, 0) is 5.75 Å². The van der Waals surface area contributed by atoms with E-state index in [1.54, 1.807) is 17.8 Å². The topological polar surface area (TPSA) is 48.9 Å². The van der Waals surface area contributed by atoms with E-state index in [1.165, 1.54) is 0 Å². The molecule has 0 bridgehead atoms. The maximum absolute atomic E-state index is 8.96. The number of H-pyrrole nitrogens is 1. The zero-order chi connectivity index (χ0) is 9.19. The Balaban J connectivity index is 2.44. The zero-order valence-electron chi connectivity index (χ0n) is 7.59. The second-order valence-corrected chi connectivity index (χ2v) is 5.45. The van der Waals surface area contributed by atoms with Gasteiger partial charge in [0.15, 0.2) is 0 Å². The quantitative estimate of drug-likeness (QED) is 0.744. The molecule has 1 heterocycles. The van der Waals surface area contributed by atoms with Crippen LogP contribution in [0.4, 0.5) is 0 Å². The van der Waals surface area contributed by atoms with E-state index < -0.39 is 0 Å². The van der Waals surface area contributed by atoms with Crippen molar-refractivity contribution in [1.82, 2.24) is 10.2 Å². The first-order valence-corrected chi connectivity index (χ1v) is 4.83. The Morgan fingerprint density at radius 3 is 2.67 bits per heavy atom. The summed E-state index contributed by atoms with van der Waals surface area (Å²) in [5.74, 6) is 0.972. The van der Waals surface area contributed by atoms with Crippen LogP contribution in [0.3, 0.4) is 0 Å². The van der Waals surface area contributed by atoms with Crippen molar-refractivity contribution in [3.05, 3.63) is 11.8 Å². The zero-order valence-corrected chi connectivity index (χ0v) is 8.40. The standard InChI is InChI=1S/C8H14N2OS/c1-8(2,3)12-5-6-4-7(11)10-9-6/h4H,5H2,1-3H3,(H2,9,10,11). The van der Waals surface area contributed by atoms with Gasteiger partial charge in [0.25, 0.3) is 0 Å². The highest BCUT2D eigenvalue weighted by molar-refractivity contribution is 7.99. The molecule has 68 valence electrons. The number of hydrogen-bond acceptors (Lipinski definition) is 3. The molecular formula is C8H14N2OS. The predicted octanol–water partition coefficient (Wildman–Crippen LogP) is 2.15. The summed E-state index contributed by atoms with van der Waals surface area (Å²) in [6, 6.07) is 1.65. The molecule has 12 heavy (non-hydrogen) atoms. The lowest BCUT2D eigenvalue weighted by Gasteiger charge is -2.15. The summed E-state index contributed by atoms with van der Waals surface area (Å²) in [6.45, 7) is 6.47. The normalized spacial score (nSPS) is 11.9. The minimum absolute atomic E-state index is 0.138. The third-order valence-electron chi connectivity index (χ3n) is 1.27.